The van der Waals surface area contributed by atoms with Gasteiger partial charge in [-0.1, -0.05) is 36.4 Å². The second-order valence-corrected chi connectivity index (χ2v) is 4.52. The van der Waals surface area contributed by atoms with Crippen molar-refractivity contribution in [2.75, 3.05) is 6.54 Å². The van der Waals surface area contributed by atoms with Gasteiger partial charge in [-0.3, -0.25) is 0 Å². The Morgan fingerprint density at radius 3 is 2.41 bits per heavy atom. The van der Waals surface area contributed by atoms with Gasteiger partial charge in [-0.05, 0) is 36.2 Å². The highest BCUT2D eigenvalue weighted by Crippen LogP contribution is 2.23. The minimum Gasteiger partial charge on any atom is -0.370 e. The van der Waals surface area contributed by atoms with E-state index in [9.17, 15) is 0 Å². The normalized spacial score (nSPS) is 13.2. The van der Waals surface area contributed by atoms with Crippen LogP contribution < -0.4 is 5.73 Å². The van der Waals surface area contributed by atoms with Crippen molar-refractivity contribution in [3.63, 3.8) is 0 Å². The SMILES string of the molecule is CC(C)O[C@H](CN)c1ccc2ccccc2c1. The maximum Gasteiger partial charge on any atom is 0.0950 e. The van der Waals surface area contributed by atoms with Crippen LogP contribution in [0.1, 0.15) is 25.5 Å². The molecular weight excluding hydrogens is 210 g/mol. The molecule has 0 saturated carbocycles. The van der Waals surface area contributed by atoms with Crippen molar-refractivity contribution >= 4 is 10.8 Å². The first kappa shape index (κ1) is 12.1. The van der Waals surface area contributed by atoms with Gasteiger partial charge in [0, 0.05) is 6.54 Å². The minimum atomic E-state index is -0.0143. The van der Waals surface area contributed by atoms with Crippen LogP contribution >= 0.6 is 0 Å². The Morgan fingerprint density at radius 1 is 1.06 bits per heavy atom. The van der Waals surface area contributed by atoms with E-state index in [0.29, 0.717) is 6.54 Å². The van der Waals surface area contributed by atoms with Crippen LogP contribution in [0.5, 0.6) is 0 Å². The summed E-state index contributed by atoms with van der Waals surface area (Å²) in [7, 11) is 0. The zero-order valence-corrected chi connectivity index (χ0v) is 10.4. The van der Waals surface area contributed by atoms with E-state index in [1.807, 2.05) is 26.0 Å². The molecule has 2 nitrogen and oxygen atoms in total. The monoisotopic (exact) mass is 229 g/mol. The van der Waals surface area contributed by atoms with Gasteiger partial charge in [0.2, 0.25) is 0 Å². The fourth-order valence-corrected chi connectivity index (χ4v) is 2.01. The summed E-state index contributed by atoms with van der Waals surface area (Å²) in [6.45, 7) is 4.57. The lowest BCUT2D eigenvalue weighted by Crippen LogP contribution is -2.19. The molecule has 0 bridgehead atoms. The standard InChI is InChI=1S/C15H19NO/c1-11(2)17-15(10-16)14-8-7-12-5-3-4-6-13(12)9-14/h3-9,11,15H,10,16H2,1-2H3/t15-/m1/s1. The van der Waals surface area contributed by atoms with Gasteiger partial charge >= 0.3 is 0 Å². The fraction of sp³-hybridized carbons (Fsp3) is 0.333. The first-order valence-electron chi connectivity index (χ1n) is 6.05. The molecule has 2 rings (SSSR count). The second-order valence-electron chi connectivity index (χ2n) is 4.52. The number of ether oxygens (including phenoxy) is 1. The van der Waals surface area contributed by atoms with Crippen molar-refractivity contribution in [3.05, 3.63) is 48.0 Å². The molecule has 0 heterocycles. The van der Waals surface area contributed by atoms with Crippen molar-refractivity contribution < 1.29 is 4.74 Å². The van der Waals surface area contributed by atoms with Crippen molar-refractivity contribution in [3.8, 4) is 0 Å². The number of fused-ring (bicyclic) bond motifs is 1. The predicted molar refractivity (Wildman–Crippen MR) is 72.0 cm³/mol. The first-order valence-corrected chi connectivity index (χ1v) is 6.05. The van der Waals surface area contributed by atoms with Gasteiger partial charge in [0.1, 0.15) is 0 Å². The Balaban J connectivity index is 2.34. The van der Waals surface area contributed by atoms with Gasteiger partial charge < -0.3 is 10.5 Å². The average Bonchev–Trinajstić information content (AvgIpc) is 2.35. The zero-order chi connectivity index (χ0) is 12.3. The molecule has 0 aromatic heterocycles. The molecule has 2 aromatic carbocycles. The summed E-state index contributed by atoms with van der Waals surface area (Å²) >= 11 is 0. The van der Waals surface area contributed by atoms with E-state index in [4.69, 9.17) is 10.5 Å². The van der Waals surface area contributed by atoms with E-state index in [2.05, 4.69) is 30.3 Å². The summed E-state index contributed by atoms with van der Waals surface area (Å²) in [6.07, 6.45) is 0.176. The van der Waals surface area contributed by atoms with E-state index in [0.717, 1.165) is 5.56 Å². The molecule has 0 spiro atoms. The number of benzene rings is 2. The van der Waals surface area contributed by atoms with E-state index in [1.54, 1.807) is 0 Å². The van der Waals surface area contributed by atoms with Crippen molar-refractivity contribution in [1.82, 2.24) is 0 Å². The van der Waals surface area contributed by atoms with Crippen LogP contribution in [0.15, 0.2) is 42.5 Å². The Hall–Kier alpha value is -1.38. The van der Waals surface area contributed by atoms with E-state index < -0.39 is 0 Å². The number of hydrogen-bond acceptors (Lipinski definition) is 2. The summed E-state index contributed by atoms with van der Waals surface area (Å²) in [5.41, 5.74) is 6.92. The highest BCUT2D eigenvalue weighted by atomic mass is 16.5. The molecule has 1 atom stereocenters. The Morgan fingerprint density at radius 2 is 1.76 bits per heavy atom. The summed E-state index contributed by atoms with van der Waals surface area (Å²) in [6, 6.07) is 14.7. The lowest BCUT2D eigenvalue weighted by molar-refractivity contribution is 0.0120. The maximum atomic E-state index is 5.81. The van der Waals surface area contributed by atoms with Gasteiger partial charge in [0.15, 0.2) is 0 Å². The summed E-state index contributed by atoms with van der Waals surface area (Å²) in [4.78, 5) is 0. The highest BCUT2D eigenvalue weighted by Gasteiger charge is 2.12. The summed E-state index contributed by atoms with van der Waals surface area (Å²) in [5, 5.41) is 2.48. The Kier molecular flexibility index (Phi) is 3.77. The van der Waals surface area contributed by atoms with Crippen LogP contribution in [0.3, 0.4) is 0 Å². The van der Waals surface area contributed by atoms with Crippen LogP contribution in [0, 0.1) is 0 Å². The van der Waals surface area contributed by atoms with E-state index >= 15 is 0 Å². The van der Waals surface area contributed by atoms with E-state index in [-0.39, 0.29) is 12.2 Å². The van der Waals surface area contributed by atoms with Crippen LogP contribution in [-0.2, 0) is 4.74 Å². The molecule has 0 aliphatic heterocycles. The average molecular weight is 229 g/mol. The minimum absolute atomic E-state index is 0.0143. The lowest BCUT2D eigenvalue weighted by Gasteiger charge is -2.19. The molecular formula is C15H19NO. The molecule has 0 saturated heterocycles. The predicted octanol–water partition coefficient (Wildman–Crippen LogP) is 3.26. The Labute approximate surface area is 102 Å². The topological polar surface area (TPSA) is 35.2 Å². The molecule has 0 aliphatic rings. The maximum absolute atomic E-state index is 5.81. The molecule has 2 aromatic rings. The fourth-order valence-electron chi connectivity index (χ4n) is 2.01. The summed E-state index contributed by atoms with van der Waals surface area (Å²) in [5.74, 6) is 0. The quantitative estimate of drug-likeness (QED) is 0.873. The lowest BCUT2D eigenvalue weighted by atomic mass is 10.0. The molecule has 0 unspecified atom stereocenters. The van der Waals surface area contributed by atoms with Crippen LogP contribution in [-0.4, -0.2) is 12.6 Å². The van der Waals surface area contributed by atoms with Gasteiger partial charge in [-0.2, -0.15) is 0 Å². The first-order chi connectivity index (χ1) is 8.20. The van der Waals surface area contributed by atoms with Gasteiger partial charge in [-0.25, -0.2) is 0 Å². The molecule has 0 amide bonds. The second kappa shape index (κ2) is 5.30. The molecule has 0 fully saturated rings. The number of hydrogen-bond donors (Lipinski definition) is 1. The number of rotatable bonds is 4. The van der Waals surface area contributed by atoms with Crippen LogP contribution in [0.4, 0.5) is 0 Å². The highest BCUT2D eigenvalue weighted by molar-refractivity contribution is 5.83. The molecule has 0 radical (unpaired) electrons. The van der Waals surface area contributed by atoms with Gasteiger partial charge in [0.05, 0.1) is 12.2 Å². The Bertz CT molecular complexity index is 493. The third kappa shape index (κ3) is 2.84. The van der Waals surface area contributed by atoms with Crippen molar-refractivity contribution in [1.29, 1.82) is 0 Å². The van der Waals surface area contributed by atoms with Gasteiger partial charge in [-0.15, -0.1) is 0 Å². The van der Waals surface area contributed by atoms with Crippen LogP contribution in [0.2, 0.25) is 0 Å². The van der Waals surface area contributed by atoms with Gasteiger partial charge in [0.25, 0.3) is 0 Å². The molecule has 90 valence electrons. The van der Waals surface area contributed by atoms with Crippen LogP contribution in [0.25, 0.3) is 10.8 Å². The molecule has 0 aliphatic carbocycles. The molecule has 2 heteroatoms. The molecule has 2 N–H and O–H groups in total. The summed E-state index contributed by atoms with van der Waals surface area (Å²) < 4.78 is 5.81. The smallest absolute Gasteiger partial charge is 0.0950 e. The largest absolute Gasteiger partial charge is 0.370 e. The van der Waals surface area contributed by atoms with Crippen molar-refractivity contribution in [2.24, 2.45) is 5.73 Å². The van der Waals surface area contributed by atoms with E-state index in [1.165, 1.54) is 10.8 Å². The third-order valence-corrected chi connectivity index (χ3v) is 2.80. The number of nitrogens with two attached hydrogens (primary N) is 1. The third-order valence-electron chi connectivity index (χ3n) is 2.80. The zero-order valence-electron chi connectivity index (χ0n) is 10.4. The van der Waals surface area contributed by atoms with Crippen molar-refractivity contribution in [2.45, 2.75) is 26.1 Å². The molecule has 17 heavy (non-hydrogen) atoms.